The predicted molar refractivity (Wildman–Crippen MR) is 79.0 cm³/mol. The number of rotatable bonds is 5. The number of carboxylic acids is 1. The Morgan fingerprint density at radius 2 is 2.05 bits per heavy atom. The van der Waals surface area contributed by atoms with Gasteiger partial charge in [0.05, 0.1) is 5.75 Å². The lowest BCUT2D eigenvalue weighted by Gasteiger charge is -2.08. The lowest BCUT2D eigenvalue weighted by atomic mass is 10.1. The third kappa shape index (κ3) is 3.01. The molecule has 1 aromatic carbocycles. The summed E-state index contributed by atoms with van der Waals surface area (Å²) >= 11 is 1.19. The molecule has 0 fully saturated rings. The molecule has 0 unspecified atom stereocenters. The summed E-state index contributed by atoms with van der Waals surface area (Å²) < 4.78 is 1.94. The molecule has 1 aromatic heterocycles. The van der Waals surface area contributed by atoms with E-state index in [1.165, 1.54) is 22.9 Å². The van der Waals surface area contributed by atoms with Crippen LogP contribution in [-0.4, -0.2) is 31.6 Å². The molecule has 1 N–H and O–H groups in total. The maximum absolute atomic E-state index is 10.7. The van der Waals surface area contributed by atoms with Crippen molar-refractivity contribution in [3.05, 3.63) is 29.3 Å². The van der Waals surface area contributed by atoms with Crippen LogP contribution in [-0.2, 0) is 11.3 Å². The Hall–Kier alpha value is -1.82. The summed E-state index contributed by atoms with van der Waals surface area (Å²) in [6.07, 6.45) is 0. The van der Waals surface area contributed by atoms with Crippen molar-refractivity contribution in [2.75, 3.05) is 5.75 Å². The molecule has 0 radical (unpaired) electrons. The Labute approximate surface area is 122 Å². The van der Waals surface area contributed by atoms with Gasteiger partial charge in [-0.2, -0.15) is 0 Å². The highest BCUT2D eigenvalue weighted by molar-refractivity contribution is 7.99. The van der Waals surface area contributed by atoms with E-state index in [4.69, 9.17) is 5.11 Å². The first-order valence-corrected chi connectivity index (χ1v) is 7.37. The van der Waals surface area contributed by atoms with Crippen LogP contribution in [0.4, 0.5) is 0 Å². The van der Waals surface area contributed by atoms with Crippen molar-refractivity contribution in [1.82, 2.24) is 14.8 Å². The maximum atomic E-state index is 10.7. The zero-order valence-corrected chi connectivity index (χ0v) is 12.6. The van der Waals surface area contributed by atoms with E-state index in [1.54, 1.807) is 0 Å². The molecule has 0 amide bonds. The summed E-state index contributed by atoms with van der Waals surface area (Å²) in [7, 11) is 0. The SMILES string of the molecule is CCn1c(SCC(=O)O)nnc1-c1ccc(C)c(C)c1. The molecule has 0 saturated heterocycles. The van der Waals surface area contributed by atoms with Gasteiger partial charge in [-0.25, -0.2) is 0 Å². The van der Waals surface area contributed by atoms with E-state index < -0.39 is 5.97 Å². The van der Waals surface area contributed by atoms with Gasteiger partial charge in [0.25, 0.3) is 0 Å². The highest BCUT2D eigenvalue weighted by Gasteiger charge is 2.14. The van der Waals surface area contributed by atoms with Gasteiger partial charge in [0, 0.05) is 12.1 Å². The van der Waals surface area contributed by atoms with E-state index >= 15 is 0 Å². The van der Waals surface area contributed by atoms with Gasteiger partial charge in [0.2, 0.25) is 0 Å². The van der Waals surface area contributed by atoms with Gasteiger partial charge in [-0.05, 0) is 38.0 Å². The quantitative estimate of drug-likeness (QED) is 0.858. The summed E-state index contributed by atoms with van der Waals surface area (Å²) in [5, 5.41) is 17.7. The molecule has 5 nitrogen and oxygen atoms in total. The highest BCUT2D eigenvalue weighted by Crippen LogP contribution is 2.25. The topological polar surface area (TPSA) is 68.0 Å². The van der Waals surface area contributed by atoms with Crippen LogP contribution in [0.3, 0.4) is 0 Å². The lowest BCUT2D eigenvalue weighted by Crippen LogP contribution is -2.03. The van der Waals surface area contributed by atoms with E-state index in [9.17, 15) is 4.79 Å². The van der Waals surface area contributed by atoms with Gasteiger partial charge in [0.15, 0.2) is 11.0 Å². The van der Waals surface area contributed by atoms with Crippen LogP contribution in [0.2, 0.25) is 0 Å². The first-order valence-electron chi connectivity index (χ1n) is 6.38. The molecule has 0 saturated carbocycles. The van der Waals surface area contributed by atoms with Crippen LogP contribution >= 0.6 is 11.8 Å². The number of benzene rings is 1. The summed E-state index contributed by atoms with van der Waals surface area (Å²) in [5.74, 6) is -0.0812. The largest absolute Gasteiger partial charge is 0.481 e. The van der Waals surface area contributed by atoms with Gasteiger partial charge in [-0.15, -0.1) is 10.2 Å². The Balaban J connectivity index is 2.36. The molecule has 0 aliphatic heterocycles. The molecule has 0 aliphatic carbocycles. The number of thioether (sulfide) groups is 1. The van der Waals surface area contributed by atoms with Gasteiger partial charge in [-0.3, -0.25) is 4.79 Å². The van der Waals surface area contributed by atoms with Crippen LogP contribution in [0, 0.1) is 13.8 Å². The number of hydrogen-bond acceptors (Lipinski definition) is 4. The van der Waals surface area contributed by atoms with Crippen molar-refractivity contribution in [2.24, 2.45) is 0 Å². The molecule has 6 heteroatoms. The number of aryl methyl sites for hydroxylation is 2. The third-order valence-corrected chi connectivity index (χ3v) is 4.07. The second-order valence-corrected chi connectivity index (χ2v) is 5.47. The third-order valence-electron chi connectivity index (χ3n) is 3.12. The average molecular weight is 291 g/mol. The van der Waals surface area contributed by atoms with Crippen molar-refractivity contribution in [2.45, 2.75) is 32.5 Å². The molecule has 2 aromatic rings. The van der Waals surface area contributed by atoms with Crippen LogP contribution in [0.5, 0.6) is 0 Å². The number of aromatic nitrogens is 3. The van der Waals surface area contributed by atoms with Crippen LogP contribution in [0.15, 0.2) is 23.4 Å². The number of carbonyl (C=O) groups is 1. The van der Waals surface area contributed by atoms with Gasteiger partial charge in [-0.1, -0.05) is 23.9 Å². The molecule has 2 rings (SSSR count). The van der Waals surface area contributed by atoms with E-state index in [0.717, 1.165) is 11.4 Å². The number of hydrogen-bond donors (Lipinski definition) is 1. The average Bonchev–Trinajstić information content (AvgIpc) is 2.82. The Morgan fingerprint density at radius 3 is 2.65 bits per heavy atom. The molecule has 0 aliphatic rings. The first-order chi connectivity index (χ1) is 9.52. The Morgan fingerprint density at radius 1 is 1.30 bits per heavy atom. The van der Waals surface area contributed by atoms with Gasteiger partial charge in [0.1, 0.15) is 0 Å². The summed E-state index contributed by atoms with van der Waals surface area (Å²) in [5.41, 5.74) is 3.44. The lowest BCUT2D eigenvalue weighted by molar-refractivity contribution is -0.133. The number of aliphatic carboxylic acids is 1. The monoisotopic (exact) mass is 291 g/mol. The number of carboxylic acid groups (broad SMARTS) is 1. The normalized spacial score (nSPS) is 10.8. The fourth-order valence-electron chi connectivity index (χ4n) is 1.90. The minimum Gasteiger partial charge on any atom is -0.481 e. The fourth-order valence-corrected chi connectivity index (χ4v) is 2.62. The van der Waals surface area contributed by atoms with Crippen LogP contribution in [0.25, 0.3) is 11.4 Å². The standard InChI is InChI=1S/C14H17N3O2S/c1-4-17-13(11-6-5-9(2)10(3)7-11)15-16-14(17)20-8-12(18)19/h5-7H,4,8H2,1-3H3,(H,18,19). The van der Waals surface area contributed by atoms with Gasteiger partial charge >= 0.3 is 5.97 Å². The Kier molecular flexibility index (Phi) is 4.44. The minimum atomic E-state index is -0.853. The first kappa shape index (κ1) is 14.6. The summed E-state index contributed by atoms with van der Waals surface area (Å²) in [4.78, 5) is 10.7. The van der Waals surface area contributed by atoms with E-state index in [-0.39, 0.29) is 5.75 Å². The van der Waals surface area contributed by atoms with Crippen molar-refractivity contribution >= 4 is 17.7 Å². The molecule has 1 heterocycles. The van der Waals surface area contributed by atoms with E-state index in [1.807, 2.05) is 17.6 Å². The van der Waals surface area contributed by atoms with E-state index in [2.05, 4.69) is 36.2 Å². The molecule has 0 spiro atoms. The summed E-state index contributed by atoms with van der Waals surface area (Å²) in [6, 6.07) is 6.16. The maximum Gasteiger partial charge on any atom is 0.313 e. The van der Waals surface area contributed by atoms with Crippen LogP contribution in [0.1, 0.15) is 18.1 Å². The zero-order valence-electron chi connectivity index (χ0n) is 11.8. The molecular weight excluding hydrogens is 274 g/mol. The zero-order chi connectivity index (χ0) is 14.7. The van der Waals surface area contributed by atoms with Gasteiger partial charge < -0.3 is 9.67 Å². The smallest absolute Gasteiger partial charge is 0.313 e. The van der Waals surface area contributed by atoms with E-state index in [0.29, 0.717) is 11.7 Å². The second kappa shape index (κ2) is 6.09. The van der Waals surface area contributed by atoms with Crippen LogP contribution < -0.4 is 0 Å². The summed E-state index contributed by atoms with van der Waals surface area (Å²) in [6.45, 7) is 6.83. The highest BCUT2D eigenvalue weighted by atomic mass is 32.2. The fraction of sp³-hybridized carbons (Fsp3) is 0.357. The molecule has 0 bridgehead atoms. The minimum absolute atomic E-state index is 0.00887. The van der Waals surface area contributed by atoms with Crippen molar-refractivity contribution in [1.29, 1.82) is 0 Å². The molecule has 106 valence electrons. The molecular formula is C14H17N3O2S. The molecule has 0 atom stereocenters. The van der Waals surface area contributed by atoms with Crippen molar-refractivity contribution in [3.8, 4) is 11.4 Å². The second-order valence-electron chi connectivity index (χ2n) is 4.53. The Bertz CT molecular complexity index is 637. The van der Waals surface area contributed by atoms with Crippen molar-refractivity contribution < 1.29 is 9.90 Å². The predicted octanol–water partition coefficient (Wildman–Crippen LogP) is 2.76. The number of nitrogens with zero attached hydrogens (tertiary/aromatic N) is 3. The molecule has 20 heavy (non-hydrogen) atoms. The van der Waals surface area contributed by atoms with Crippen molar-refractivity contribution in [3.63, 3.8) is 0 Å².